The number of carbonyl (C=O) groups is 1. The summed E-state index contributed by atoms with van der Waals surface area (Å²) >= 11 is 6.08. The maximum Gasteiger partial charge on any atom is 0.278 e. The molecule has 1 fully saturated rings. The van der Waals surface area contributed by atoms with Gasteiger partial charge in [0.05, 0.1) is 14.2 Å². The number of methoxy groups -OCH3 is 1. The van der Waals surface area contributed by atoms with E-state index in [1.165, 1.54) is 19.3 Å². The SMILES string of the molecule is COc1ccc(Cl)cc1C[NH+](C)[C@@H](C)C(=O)NC1CCCCC1. The van der Waals surface area contributed by atoms with Crippen molar-refractivity contribution in [1.82, 2.24) is 5.32 Å². The zero-order chi connectivity index (χ0) is 16.8. The molecule has 1 aromatic rings. The highest BCUT2D eigenvalue weighted by atomic mass is 35.5. The quantitative estimate of drug-likeness (QED) is 0.834. The third-order valence-corrected chi connectivity index (χ3v) is 5.03. The number of hydrogen-bond donors (Lipinski definition) is 2. The Kier molecular flexibility index (Phi) is 6.72. The van der Waals surface area contributed by atoms with Gasteiger partial charge in [0.2, 0.25) is 0 Å². The van der Waals surface area contributed by atoms with Crippen molar-refractivity contribution in [2.75, 3.05) is 14.2 Å². The van der Waals surface area contributed by atoms with Crippen LogP contribution in [-0.4, -0.2) is 32.1 Å². The van der Waals surface area contributed by atoms with Gasteiger partial charge in [0.15, 0.2) is 6.04 Å². The summed E-state index contributed by atoms with van der Waals surface area (Å²) in [6.45, 7) is 2.67. The van der Waals surface area contributed by atoms with E-state index in [1.807, 2.05) is 32.2 Å². The lowest BCUT2D eigenvalue weighted by Crippen LogP contribution is -3.12. The Morgan fingerprint density at radius 1 is 1.39 bits per heavy atom. The van der Waals surface area contributed by atoms with Gasteiger partial charge in [-0.3, -0.25) is 4.79 Å². The molecule has 0 bridgehead atoms. The predicted molar refractivity (Wildman–Crippen MR) is 93.1 cm³/mol. The number of carbonyl (C=O) groups excluding carboxylic acids is 1. The second-order valence-electron chi connectivity index (χ2n) is 6.54. The van der Waals surface area contributed by atoms with Gasteiger partial charge in [-0.05, 0) is 38.0 Å². The molecule has 0 spiro atoms. The minimum atomic E-state index is -0.111. The molecule has 0 radical (unpaired) electrons. The van der Waals surface area contributed by atoms with E-state index in [-0.39, 0.29) is 11.9 Å². The maximum atomic E-state index is 12.5. The summed E-state index contributed by atoms with van der Waals surface area (Å²) in [5.74, 6) is 0.948. The van der Waals surface area contributed by atoms with E-state index < -0.39 is 0 Å². The van der Waals surface area contributed by atoms with Crippen LogP contribution in [0.2, 0.25) is 5.02 Å². The van der Waals surface area contributed by atoms with Crippen LogP contribution in [0.4, 0.5) is 0 Å². The molecule has 2 N–H and O–H groups in total. The summed E-state index contributed by atoms with van der Waals surface area (Å²) in [5.41, 5.74) is 1.02. The van der Waals surface area contributed by atoms with Crippen LogP contribution in [0.25, 0.3) is 0 Å². The Morgan fingerprint density at radius 3 is 2.74 bits per heavy atom. The van der Waals surface area contributed by atoms with Crippen molar-refractivity contribution in [1.29, 1.82) is 0 Å². The van der Waals surface area contributed by atoms with Crippen molar-refractivity contribution < 1.29 is 14.4 Å². The molecule has 1 amide bonds. The van der Waals surface area contributed by atoms with Crippen molar-refractivity contribution in [3.8, 4) is 5.75 Å². The summed E-state index contributed by atoms with van der Waals surface area (Å²) < 4.78 is 5.39. The molecule has 1 saturated carbocycles. The first kappa shape index (κ1) is 18.1. The van der Waals surface area contributed by atoms with E-state index >= 15 is 0 Å². The van der Waals surface area contributed by atoms with E-state index in [0.717, 1.165) is 29.1 Å². The Balaban J connectivity index is 1.94. The van der Waals surface area contributed by atoms with Gasteiger partial charge in [0.1, 0.15) is 12.3 Å². The molecule has 1 aliphatic carbocycles. The van der Waals surface area contributed by atoms with Gasteiger partial charge >= 0.3 is 0 Å². The fourth-order valence-corrected chi connectivity index (χ4v) is 3.33. The van der Waals surface area contributed by atoms with Crippen LogP contribution in [0.3, 0.4) is 0 Å². The molecule has 5 heteroatoms. The van der Waals surface area contributed by atoms with Crippen LogP contribution in [0.1, 0.15) is 44.6 Å². The number of nitrogens with one attached hydrogen (secondary N) is 2. The predicted octanol–water partition coefficient (Wildman–Crippen LogP) is 2.20. The molecule has 0 aliphatic heterocycles. The second kappa shape index (κ2) is 8.55. The number of ether oxygens (including phenoxy) is 1. The Bertz CT molecular complexity index is 530. The van der Waals surface area contributed by atoms with Gasteiger partial charge in [0.25, 0.3) is 5.91 Å². The largest absolute Gasteiger partial charge is 0.496 e. The van der Waals surface area contributed by atoms with E-state index in [1.54, 1.807) is 7.11 Å². The molecule has 4 nitrogen and oxygen atoms in total. The fourth-order valence-electron chi connectivity index (χ4n) is 3.14. The molecule has 2 atom stereocenters. The number of quaternary nitrogens is 1. The van der Waals surface area contributed by atoms with E-state index in [2.05, 4.69) is 5.32 Å². The van der Waals surface area contributed by atoms with Crippen LogP contribution in [0.5, 0.6) is 5.75 Å². The Morgan fingerprint density at radius 2 is 2.09 bits per heavy atom. The smallest absolute Gasteiger partial charge is 0.278 e. The maximum absolute atomic E-state index is 12.5. The third-order valence-electron chi connectivity index (χ3n) is 4.80. The zero-order valence-corrected chi connectivity index (χ0v) is 15.1. The molecule has 1 aromatic carbocycles. The standard InChI is InChI=1S/C18H27ClN2O2/c1-13(18(22)20-16-7-5-4-6-8-16)21(2)12-14-11-15(19)9-10-17(14)23-3/h9-11,13,16H,4-8,12H2,1-3H3,(H,20,22)/p+1/t13-/m0/s1. The first-order chi connectivity index (χ1) is 11.0. The lowest BCUT2D eigenvalue weighted by molar-refractivity contribution is -0.908. The number of rotatable bonds is 6. The Hall–Kier alpha value is -1.26. The second-order valence-corrected chi connectivity index (χ2v) is 6.98. The lowest BCUT2D eigenvalue weighted by atomic mass is 9.95. The number of benzene rings is 1. The minimum Gasteiger partial charge on any atom is -0.496 e. The molecule has 1 unspecified atom stereocenters. The topological polar surface area (TPSA) is 42.8 Å². The van der Waals surface area contributed by atoms with Crippen molar-refractivity contribution in [2.45, 2.75) is 57.7 Å². The average molecular weight is 340 g/mol. The molecule has 128 valence electrons. The van der Waals surface area contributed by atoms with Gasteiger partial charge < -0.3 is 15.0 Å². The average Bonchev–Trinajstić information content (AvgIpc) is 2.55. The van der Waals surface area contributed by atoms with Crippen LogP contribution >= 0.6 is 11.6 Å². The van der Waals surface area contributed by atoms with Gasteiger partial charge in [-0.1, -0.05) is 30.9 Å². The van der Waals surface area contributed by atoms with Crippen LogP contribution in [0, 0.1) is 0 Å². The van der Waals surface area contributed by atoms with E-state index in [0.29, 0.717) is 17.6 Å². The fraction of sp³-hybridized carbons (Fsp3) is 0.611. The van der Waals surface area contributed by atoms with Crippen molar-refractivity contribution >= 4 is 17.5 Å². The van der Waals surface area contributed by atoms with Crippen molar-refractivity contribution in [3.63, 3.8) is 0 Å². The van der Waals surface area contributed by atoms with Gasteiger partial charge in [0, 0.05) is 16.6 Å². The molecule has 1 aliphatic rings. The van der Waals surface area contributed by atoms with Crippen LogP contribution in [-0.2, 0) is 11.3 Å². The van der Waals surface area contributed by atoms with Crippen LogP contribution in [0.15, 0.2) is 18.2 Å². The monoisotopic (exact) mass is 339 g/mol. The number of halogens is 1. The first-order valence-corrected chi connectivity index (χ1v) is 8.84. The number of hydrogen-bond acceptors (Lipinski definition) is 2. The summed E-state index contributed by atoms with van der Waals surface area (Å²) in [4.78, 5) is 13.6. The molecule has 0 saturated heterocycles. The van der Waals surface area contributed by atoms with E-state index in [9.17, 15) is 4.79 Å². The number of amides is 1. The lowest BCUT2D eigenvalue weighted by Gasteiger charge is -2.27. The molecule has 23 heavy (non-hydrogen) atoms. The summed E-state index contributed by atoms with van der Waals surface area (Å²) in [7, 11) is 3.69. The zero-order valence-electron chi connectivity index (χ0n) is 14.3. The van der Waals surface area contributed by atoms with Crippen molar-refractivity contribution in [2.24, 2.45) is 0 Å². The molecule has 0 heterocycles. The summed E-state index contributed by atoms with van der Waals surface area (Å²) in [6, 6.07) is 5.85. The highest BCUT2D eigenvalue weighted by molar-refractivity contribution is 6.30. The minimum absolute atomic E-state index is 0.111. The highest BCUT2D eigenvalue weighted by Crippen LogP contribution is 2.22. The van der Waals surface area contributed by atoms with Crippen molar-refractivity contribution in [3.05, 3.63) is 28.8 Å². The number of likely N-dealkylation sites (N-methyl/N-ethyl adjacent to an activating group) is 1. The molecular formula is C18H28ClN2O2+. The third kappa shape index (κ3) is 5.11. The van der Waals surface area contributed by atoms with E-state index in [4.69, 9.17) is 16.3 Å². The van der Waals surface area contributed by atoms with Gasteiger partial charge in [-0.25, -0.2) is 0 Å². The molecular weight excluding hydrogens is 312 g/mol. The summed E-state index contributed by atoms with van der Waals surface area (Å²) in [6.07, 6.45) is 5.96. The van der Waals surface area contributed by atoms with Gasteiger partial charge in [-0.2, -0.15) is 0 Å². The van der Waals surface area contributed by atoms with Gasteiger partial charge in [-0.15, -0.1) is 0 Å². The molecule has 2 rings (SSSR count). The normalized spacial score (nSPS) is 18.3. The highest BCUT2D eigenvalue weighted by Gasteiger charge is 2.25. The summed E-state index contributed by atoms with van der Waals surface area (Å²) in [5, 5.41) is 3.90. The Labute approximate surface area is 144 Å². The first-order valence-electron chi connectivity index (χ1n) is 8.46. The van der Waals surface area contributed by atoms with Crippen LogP contribution < -0.4 is 15.0 Å². The molecule has 0 aromatic heterocycles.